The van der Waals surface area contributed by atoms with Gasteiger partial charge in [0.1, 0.15) is 34.5 Å². The minimum atomic E-state index is -3.92. The maximum absolute atomic E-state index is 13.2. The summed E-state index contributed by atoms with van der Waals surface area (Å²) in [7, 11) is -11.7. The van der Waals surface area contributed by atoms with Crippen molar-refractivity contribution in [3.63, 3.8) is 0 Å². The van der Waals surface area contributed by atoms with Gasteiger partial charge in [0.2, 0.25) is 29.5 Å². The Hall–Kier alpha value is -6.03. The summed E-state index contributed by atoms with van der Waals surface area (Å²) in [6.07, 6.45) is 0. The van der Waals surface area contributed by atoms with Gasteiger partial charge in [0.25, 0.3) is 5.79 Å². The van der Waals surface area contributed by atoms with E-state index in [4.69, 9.17) is 14.2 Å². The molecule has 12 nitrogen and oxygen atoms in total. The van der Waals surface area contributed by atoms with Crippen molar-refractivity contribution in [2.75, 3.05) is 6.61 Å². The summed E-state index contributed by atoms with van der Waals surface area (Å²) in [6.45, 7) is 1.25. The average molecular weight is 789 g/mol. The lowest BCUT2D eigenvalue weighted by atomic mass is 10.3. The van der Waals surface area contributed by atoms with E-state index in [-0.39, 0.29) is 70.5 Å². The fraction of sp³-hybridized carbons (Fsp3) is 0.0769. The largest absolute Gasteiger partial charge is 0.508 e. The molecule has 0 aliphatic carbocycles. The Morgan fingerprint density at radius 3 is 0.870 bits per heavy atom. The third-order valence-electron chi connectivity index (χ3n) is 8.01. The molecule has 278 valence electrons. The molecule has 6 rings (SSSR count). The van der Waals surface area contributed by atoms with Crippen LogP contribution in [0.25, 0.3) is 0 Å². The molecule has 0 fully saturated rings. The predicted octanol–water partition coefficient (Wildman–Crippen LogP) is 6.55. The van der Waals surface area contributed by atoms with Crippen LogP contribution in [0.1, 0.15) is 6.92 Å². The number of phenolic OH excluding ortho intramolecular Hbond substituents is 3. The number of hydrogen-bond donors (Lipinski definition) is 3. The number of rotatable bonds is 13. The molecule has 0 radical (unpaired) electrons. The lowest BCUT2D eigenvalue weighted by molar-refractivity contribution is -0.123. The molecule has 0 spiro atoms. The highest BCUT2D eigenvalue weighted by Crippen LogP contribution is 2.31. The average Bonchev–Trinajstić information content (AvgIpc) is 3.15. The topological polar surface area (TPSA) is 191 Å². The van der Waals surface area contributed by atoms with E-state index < -0.39 is 35.3 Å². The molecular weight excluding hydrogens is 757 g/mol. The number of aromatic hydroxyl groups is 3. The maximum Gasteiger partial charge on any atom is 0.282 e. The van der Waals surface area contributed by atoms with Crippen molar-refractivity contribution in [2.45, 2.75) is 42.1 Å². The molecule has 0 aliphatic heterocycles. The smallest absolute Gasteiger partial charge is 0.282 e. The van der Waals surface area contributed by atoms with Crippen molar-refractivity contribution in [1.82, 2.24) is 0 Å². The van der Waals surface area contributed by atoms with Crippen LogP contribution in [-0.4, -0.2) is 53.0 Å². The Labute approximate surface area is 311 Å². The first kappa shape index (κ1) is 37.7. The molecular formula is C39H32O12S3. The van der Waals surface area contributed by atoms with E-state index in [1.54, 1.807) is 6.92 Å². The van der Waals surface area contributed by atoms with E-state index >= 15 is 0 Å². The first-order valence-corrected chi connectivity index (χ1v) is 20.4. The standard InChI is InChI=1S/C39H32O12S3/c1-39(50-31-10-22-37(23-11-31)53(45,46)34-16-4-28(41)5-17-34,51-32-12-24-38(25-13-32)54(47,48)35-18-6-29(42)7-19-35)26-49-30-8-20-36(21-9-30)52(43,44)33-14-2-27(40)3-15-33/h2-25,40-42H,26H2,1H3. The second-order valence-electron chi connectivity index (χ2n) is 12.0. The summed E-state index contributed by atoms with van der Waals surface area (Å²) >= 11 is 0. The number of hydrogen-bond acceptors (Lipinski definition) is 12. The lowest BCUT2D eigenvalue weighted by Crippen LogP contribution is -2.45. The van der Waals surface area contributed by atoms with Gasteiger partial charge in [0.05, 0.1) is 29.4 Å². The second kappa shape index (κ2) is 14.8. The normalized spacial score (nSPS) is 12.2. The van der Waals surface area contributed by atoms with Crippen molar-refractivity contribution in [2.24, 2.45) is 0 Å². The van der Waals surface area contributed by atoms with Gasteiger partial charge in [0.15, 0.2) is 6.61 Å². The third kappa shape index (κ3) is 8.28. The van der Waals surface area contributed by atoms with Gasteiger partial charge >= 0.3 is 0 Å². The molecule has 0 bridgehead atoms. The summed E-state index contributed by atoms with van der Waals surface area (Å²) in [5.41, 5.74) is 0. The van der Waals surface area contributed by atoms with Crippen LogP contribution in [0, 0.1) is 0 Å². The Morgan fingerprint density at radius 1 is 0.389 bits per heavy atom. The predicted molar refractivity (Wildman–Crippen MR) is 195 cm³/mol. The van der Waals surface area contributed by atoms with Crippen molar-refractivity contribution < 1.29 is 54.8 Å². The number of phenols is 3. The Balaban J connectivity index is 1.24. The van der Waals surface area contributed by atoms with Crippen LogP contribution in [0.3, 0.4) is 0 Å². The molecule has 6 aromatic carbocycles. The van der Waals surface area contributed by atoms with Crippen molar-refractivity contribution in [3.05, 3.63) is 146 Å². The molecule has 54 heavy (non-hydrogen) atoms. The first-order valence-electron chi connectivity index (χ1n) is 16.0. The van der Waals surface area contributed by atoms with Gasteiger partial charge in [-0.05, 0) is 146 Å². The lowest BCUT2D eigenvalue weighted by Gasteiger charge is -2.31. The van der Waals surface area contributed by atoms with Gasteiger partial charge in [-0.25, -0.2) is 25.3 Å². The second-order valence-corrected chi connectivity index (χ2v) is 17.9. The molecule has 0 amide bonds. The molecule has 0 aromatic heterocycles. The monoisotopic (exact) mass is 788 g/mol. The fourth-order valence-corrected chi connectivity index (χ4v) is 8.95. The molecule has 0 atom stereocenters. The molecule has 15 heteroatoms. The Morgan fingerprint density at radius 2 is 0.611 bits per heavy atom. The molecule has 0 heterocycles. The summed E-state index contributed by atoms with van der Waals surface area (Å²) in [5.74, 6) is -1.24. The number of ether oxygens (including phenoxy) is 3. The molecule has 3 N–H and O–H groups in total. The van der Waals surface area contributed by atoms with Gasteiger partial charge in [-0.3, -0.25) is 0 Å². The minimum Gasteiger partial charge on any atom is -0.508 e. The van der Waals surface area contributed by atoms with Crippen molar-refractivity contribution >= 4 is 29.5 Å². The zero-order valence-corrected chi connectivity index (χ0v) is 30.8. The van der Waals surface area contributed by atoms with Crippen LogP contribution < -0.4 is 14.2 Å². The van der Waals surface area contributed by atoms with Gasteiger partial charge in [-0.15, -0.1) is 0 Å². The van der Waals surface area contributed by atoms with E-state index in [0.29, 0.717) is 0 Å². The Kier molecular flexibility index (Phi) is 10.3. The van der Waals surface area contributed by atoms with Crippen molar-refractivity contribution in [3.8, 4) is 34.5 Å². The van der Waals surface area contributed by atoms with E-state index in [1.807, 2.05) is 0 Å². The van der Waals surface area contributed by atoms with E-state index in [2.05, 4.69) is 0 Å². The molecule has 0 aliphatic rings. The van der Waals surface area contributed by atoms with Crippen LogP contribution in [0.4, 0.5) is 0 Å². The zero-order valence-electron chi connectivity index (χ0n) is 28.3. The molecule has 6 aromatic rings. The highest BCUT2D eigenvalue weighted by atomic mass is 32.2. The Bertz CT molecular complexity index is 2450. The number of benzene rings is 6. The molecule has 0 unspecified atom stereocenters. The molecule has 0 saturated heterocycles. The summed E-state index contributed by atoms with van der Waals surface area (Å²) < 4.78 is 97.2. The number of sulfone groups is 3. The maximum atomic E-state index is 13.2. The van der Waals surface area contributed by atoms with Gasteiger partial charge in [0, 0.05) is 6.92 Å². The van der Waals surface area contributed by atoms with Gasteiger partial charge in [-0.1, -0.05) is 0 Å². The first-order chi connectivity index (χ1) is 25.5. The van der Waals surface area contributed by atoms with E-state index in [0.717, 1.165) is 0 Å². The zero-order chi connectivity index (χ0) is 38.7. The summed E-state index contributed by atoms with van der Waals surface area (Å²) in [6, 6.07) is 32.0. The third-order valence-corrected chi connectivity index (χ3v) is 13.4. The highest BCUT2D eigenvalue weighted by Gasteiger charge is 2.32. The fourth-order valence-electron chi connectivity index (χ4n) is 5.17. The van der Waals surface area contributed by atoms with Gasteiger partial charge < -0.3 is 29.5 Å². The van der Waals surface area contributed by atoms with Gasteiger partial charge in [-0.2, -0.15) is 0 Å². The molecule has 0 saturated carbocycles. The van der Waals surface area contributed by atoms with Crippen molar-refractivity contribution in [1.29, 1.82) is 0 Å². The summed E-state index contributed by atoms with van der Waals surface area (Å²) in [4.78, 5) is -0.131. The van der Waals surface area contributed by atoms with Crippen LogP contribution in [-0.2, 0) is 29.5 Å². The minimum absolute atomic E-state index is 0.00730. The quantitative estimate of drug-likeness (QED) is 0.107. The SMILES string of the molecule is CC(COc1ccc(S(=O)(=O)c2ccc(O)cc2)cc1)(Oc1ccc(S(=O)(=O)c2ccc(O)cc2)cc1)Oc1ccc(S(=O)(=O)c2ccc(O)cc2)cc1. The van der Waals surface area contributed by atoms with Crippen LogP contribution in [0.5, 0.6) is 34.5 Å². The van der Waals surface area contributed by atoms with Crippen LogP contribution >= 0.6 is 0 Å². The van der Waals surface area contributed by atoms with E-state index in [9.17, 15) is 40.6 Å². The van der Waals surface area contributed by atoms with E-state index in [1.165, 1.54) is 146 Å². The van der Waals surface area contributed by atoms with Crippen LogP contribution in [0.2, 0.25) is 0 Å². The highest BCUT2D eigenvalue weighted by molar-refractivity contribution is 7.92. The summed E-state index contributed by atoms with van der Waals surface area (Å²) in [5, 5.41) is 28.7. The van der Waals surface area contributed by atoms with Crippen LogP contribution in [0.15, 0.2) is 175 Å².